The van der Waals surface area contributed by atoms with Crippen molar-refractivity contribution < 1.29 is 26.3 Å². The molecule has 0 spiro atoms. The minimum atomic E-state index is -4.72. The fraction of sp³-hybridized carbons (Fsp3) is 0.250. The molecule has 4 nitrogen and oxygen atoms in total. The first-order valence-corrected chi connectivity index (χ1v) is 6.30. The third-order valence-corrected chi connectivity index (χ3v) is 2.98. The maximum Gasteiger partial charge on any atom is 0.420 e. The molecule has 0 atom stereocenters. The van der Waals surface area contributed by atoms with E-state index in [1.54, 1.807) is 0 Å². The van der Waals surface area contributed by atoms with Gasteiger partial charge in [-0.3, -0.25) is 4.98 Å². The van der Waals surface area contributed by atoms with E-state index in [1.165, 1.54) is 0 Å². The Morgan fingerprint density at radius 3 is 2.22 bits per heavy atom. The van der Waals surface area contributed by atoms with Crippen LogP contribution in [-0.2, 0) is 18.9 Å². The van der Waals surface area contributed by atoms with Crippen LogP contribution in [0.25, 0.3) is 0 Å². The van der Waals surface area contributed by atoms with Gasteiger partial charge in [-0.2, -0.15) is 26.3 Å². The van der Waals surface area contributed by atoms with Gasteiger partial charge in [-0.1, -0.05) is 11.6 Å². The van der Waals surface area contributed by atoms with Crippen molar-refractivity contribution in [2.75, 3.05) is 5.32 Å². The van der Waals surface area contributed by atoms with Crippen molar-refractivity contribution in [3.63, 3.8) is 0 Å². The van der Waals surface area contributed by atoms with E-state index in [0.717, 1.165) is 18.5 Å². The molecule has 0 aliphatic carbocycles. The van der Waals surface area contributed by atoms with E-state index in [9.17, 15) is 26.3 Å². The molecule has 0 aliphatic rings. The molecule has 0 saturated carbocycles. The van der Waals surface area contributed by atoms with Crippen LogP contribution in [0.15, 0.2) is 24.7 Å². The highest BCUT2D eigenvalue weighted by molar-refractivity contribution is 6.30. The van der Waals surface area contributed by atoms with Gasteiger partial charge in [0.25, 0.3) is 0 Å². The molecule has 23 heavy (non-hydrogen) atoms. The number of nitrogens with one attached hydrogen (secondary N) is 1. The molecule has 11 heteroatoms. The van der Waals surface area contributed by atoms with Gasteiger partial charge in [0, 0.05) is 30.7 Å². The minimum Gasteiger partial charge on any atom is -0.350 e. The Kier molecular flexibility index (Phi) is 4.64. The van der Waals surface area contributed by atoms with Gasteiger partial charge in [0.2, 0.25) is 5.95 Å². The van der Waals surface area contributed by atoms with Crippen molar-refractivity contribution in [2.45, 2.75) is 18.9 Å². The number of pyridine rings is 1. The second-order valence-corrected chi connectivity index (χ2v) is 4.64. The summed E-state index contributed by atoms with van der Waals surface area (Å²) in [4.78, 5) is 10.3. The van der Waals surface area contributed by atoms with Crippen LogP contribution in [0.5, 0.6) is 0 Å². The van der Waals surface area contributed by atoms with Gasteiger partial charge in [0.1, 0.15) is 10.7 Å². The molecule has 0 unspecified atom stereocenters. The first-order chi connectivity index (χ1) is 10.6. The summed E-state index contributed by atoms with van der Waals surface area (Å²) in [5.74, 6) is -0.333. The van der Waals surface area contributed by atoms with Crippen LogP contribution < -0.4 is 5.32 Å². The lowest BCUT2D eigenvalue weighted by Gasteiger charge is -2.13. The maximum absolute atomic E-state index is 12.8. The number of halogens is 7. The van der Waals surface area contributed by atoms with E-state index in [0.29, 0.717) is 6.20 Å². The molecule has 2 aromatic rings. The Balaban J connectivity index is 2.18. The van der Waals surface area contributed by atoms with Crippen LogP contribution in [0, 0.1) is 0 Å². The van der Waals surface area contributed by atoms with E-state index in [1.807, 2.05) is 0 Å². The molecule has 2 rings (SSSR count). The molecule has 2 heterocycles. The van der Waals surface area contributed by atoms with Gasteiger partial charge >= 0.3 is 12.4 Å². The molecular weight excluding hydrogens is 350 g/mol. The van der Waals surface area contributed by atoms with Crippen molar-refractivity contribution >= 4 is 17.5 Å². The molecule has 0 amide bonds. The largest absolute Gasteiger partial charge is 0.420 e. The van der Waals surface area contributed by atoms with Crippen molar-refractivity contribution in [3.05, 3.63) is 46.5 Å². The lowest BCUT2D eigenvalue weighted by molar-refractivity contribution is -0.139. The zero-order valence-corrected chi connectivity index (χ0v) is 11.8. The molecule has 1 N–H and O–H groups in total. The van der Waals surface area contributed by atoms with Crippen LogP contribution >= 0.6 is 11.6 Å². The highest BCUT2D eigenvalue weighted by Gasteiger charge is 2.35. The maximum atomic E-state index is 12.8. The number of hydrogen-bond donors (Lipinski definition) is 1. The van der Waals surface area contributed by atoms with Crippen LogP contribution in [0.4, 0.5) is 32.3 Å². The number of rotatable bonds is 3. The molecule has 0 saturated heterocycles. The van der Waals surface area contributed by atoms with Gasteiger partial charge in [0.15, 0.2) is 0 Å². The summed E-state index contributed by atoms with van der Waals surface area (Å²) in [7, 11) is 0. The van der Waals surface area contributed by atoms with Crippen LogP contribution in [0.2, 0.25) is 5.15 Å². The normalized spacial score (nSPS) is 12.3. The standard InChI is InChI=1S/C12H7ClF6N4/c13-9-8(12(17,18)19)5-22-10(23-9)21-4-6-3-20-2-1-7(6)11(14,15)16/h1-3,5H,4H2,(H,21,22,23). The molecule has 0 bridgehead atoms. The Labute approximate surface area is 130 Å². The summed E-state index contributed by atoms with van der Waals surface area (Å²) >= 11 is 5.40. The predicted molar refractivity (Wildman–Crippen MR) is 68.6 cm³/mol. The zero-order valence-electron chi connectivity index (χ0n) is 11.0. The summed E-state index contributed by atoms with van der Waals surface area (Å²) in [5, 5.41) is 1.53. The summed E-state index contributed by atoms with van der Waals surface area (Å²) in [6.07, 6.45) is -6.88. The Hall–Kier alpha value is -2.10. The summed E-state index contributed by atoms with van der Waals surface area (Å²) in [6, 6.07) is 0.789. The summed E-state index contributed by atoms with van der Waals surface area (Å²) in [6.45, 7) is -0.385. The van der Waals surface area contributed by atoms with Gasteiger partial charge in [0.05, 0.1) is 5.56 Å². The number of nitrogens with zero attached hydrogens (tertiary/aromatic N) is 3. The van der Waals surface area contributed by atoms with Gasteiger partial charge in [-0.25, -0.2) is 9.97 Å². The second kappa shape index (κ2) is 6.19. The van der Waals surface area contributed by atoms with Gasteiger partial charge < -0.3 is 5.32 Å². The first-order valence-electron chi connectivity index (χ1n) is 5.92. The number of hydrogen-bond acceptors (Lipinski definition) is 4. The van der Waals surface area contributed by atoms with E-state index in [2.05, 4.69) is 20.3 Å². The second-order valence-electron chi connectivity index (χ2n) is 4.28. The highest BCUT2D eigenvalue weighted by atomic mass is 35.5. The van der Waals surface area contributed by atoms with Gasteiger partial charge in [-0.15, -0.1) is 0 Å². The smallest absolute Gasteiger partial charge is 0.350 e. The van der Waals surface area contributed by atoms with Crippen LogP contribution in [0.3, 0.4) is 0 Å². The quantitative estimate of drug-likeness (QED) is 0.662. The highest BCUT2D eigenvalue weighted by Crippen LogP contribution is 2.34. The lowest BCUT2D eigenvalue weighted by Crippen LogP contribution is -2.14. The third-order valence-electron chi connectivity index (χ3n) is 2.69. The fourth-order valence-corrected chi connectivity index (χ4v) is 1.89. The minimum absolute atomic E-state index is 0.209. The molecule has 0 aromatic carbocycles. The molecule has 0 fully saturated rings. The molecule has 2 aromatic heterocycles. The Bertz CT molecular complexity index is 701. The summed E-state index contributed by atoms with van der Waals surface area (Å²) in [5.41, 5.74) is -2.36. The van der Waals surface area contributed by atoms with E-state index >= 15 is 0 Å². The predicted octanol–water partition coefficient (Wildman–Crippen LogP) is 4.17. The van der Waals surface area contributed by atoms with E-state index in [4.69, 9.17) is 11.6 Å². The zero-order chi connectivity index (χ0) is 17.3. The molecule has 124 valence electrons. The Morgan fingerprint density at radius 1 is 1.00 bits per heavy atom. The van der Waals surface area contributed by atoms with Crippen molar-refractivity contribution in [1.29, 1.82) is 0 Å². The average molecular weight is 357 g/mol. The number of alkyl halides is 6. The molecular formula is C12H7ClF6N4. The SMILES string of the molecule is FC(F)(F)c1ccncc1CNc1ncc(C(F)(F)F)c(Cl)n1. The first kappa shape index (κ1) is 17.3. The van der Waals surface area contributed by atoms with Crippen LogP contribution in [0.1, 0.15) is 16.7 Å². The van der Waals surface area contributed by atoms with Crippen molar-refractivity contribution in [1.82, 2.24) is 15.0 Å². The monoisotopic (exact) mass is 356 g/mol. The van der Waals surface area contributed by atoms with Crippen molar-refractivity contribution in [2.24, 2.45) is 0 Å². The topological polar surface area (TPSA) is 50.7 Å². The van der Waals surface area contributed by atoms with E-state index < -0.39 is 28.6 Å². The van der Waals surface area contributed by atoms with Gasteiger partial charge in [-0.05, 0) is 6.07 Å². The van der Waals surface area contributed by atoms with Crippen molar-refractivity contribution in [3.8, 4) is 0 Å². The number of aromatic nitrogens is 3. The fourth-order valence-electron chi connectivity index (χ4n) is 1.66. The molecule has 0 radical (unpaired) electrons. The molecule has 0 aliphatic heterocycles. The lowest BCUT2D eigenvalue weighted by atomic mass is 10.1. The van der Waals surface area contributed by atoms with E-state index in [-0.39, 0.29) is 18.1 Å². The third kappa shape index (κ3) is 4.21. The summed E-state index contributed by atoms with van der Waals surface area (Å²) < 4.78 is 75.9. The van der Waals surface area contributed by atoms with Crippen LogP contribution in [-0.4, -0.2) is 15.0 Å². The average Bonchev–Trinajstić information content (AvgIpc) is 2.43. The number of anilines is 1. The Morgan fingerprint density at radius 2 is 1.65 bits per heavy atom.